The van der Waals surface area contributed by atoms with Crippen LogP contribution in [0, 0.1) is 12.3 Å². The average molecular weight is 456 g/mol. The minimum absolute atomic E-state index is 0.0565. The van der Waals surface area contributed by atoms with Gasteiger partial charge in [0.05, 0.1) is 22.9 Å². The van der Waals surface area contributed by atoms with E-state index < -0.39 is 5.91 Å². The van der Waals surface area contributed by atoms with Crippen molar-refractivity contribution in [2.75, 3.05) is 19.8 Å². The van der Waals surface area contributed by atoms with E-state index in [0.717, 1.165) is 0 Å². The highest BCUT2D eigenvalue weighted by Gasteiger charge is 2.12. The lowest BCUT2D eigenvalue weighted by Gasteiger charge is -2.12. The molecule has 0 heterocycles. The van der Waals surface area contributed by atoms with E-state index in [0.29, 0.717) is 44.5 Å². The first-order chi connectivity index (χ1) is 13.9. The third kappa shape index (κ3) is 7.06. The van der Waals surface area contributed by atoms with Crippen molar-refractivity contribution in [1.29, 1.82) is 0 Å². The van der Waals surface area contributed by atoms with Crippen molar-refractivity contribution in [2.45, 2.75) is 6.92 Å². The lowest BCUT2D eigenvalue weighted by atomic mass is 10.2. The van der Waals surface area contributed by atoms with Gasteiger partial charge < -0.3 is 14.2 Å². The third-order valence-electron chi connectivity index (χ3n) is 3.29. The molecule has 0 unspecified atom stereocenters. The number of hydrogen-bond acceptors (Lipinski definition) is 5. The zero-order valence-corrected chi connectivity index (χ0v) is 17.6. The van der Waals surface area contributed by atoms with Gasteiger partial charge in [0.2, 0.25) is 0 Å². The van der Waals surface area contributed by atoms with Crippen LogP contribution in [0.15, 0.2) is 35.4 Å². The molecule has 0 radical (unpaired) electrons. The van der Waals surface area contributed by atoms with Crippen molar-refractivity contribution in [3.63, 3.8) is 0 Å². The standard InChI is InChI=1S/C20H17Cl3N2O4/c1-3-7-28-20-16(23)8-13(9-18(20)27-4-2)11-24-25-19(26)12-29-17-6-5-14(21)10-15(17)22/h1,5-6,8-11H,4,7,12H2,2H3,(H,25,26). The van der Waals surface area contributed by atoms with E-state index in [1.54, 1.807) is 24.3 Å². The Morgan fingerprint density at radius 3 is 2.62 bits per heavy atom. The largest absolute Gasteiger partial charge is 0.490 e. The molecule has 2 rings (SSSR count). The van der Waals surface area contributed by atoms with Crippen LogP contribution >= 0.6 is 34.8 Å². The summed E-state index contributed by atoms with van der Waals surface area (Å²) in [6.07, 6.45) is 6.62. The van der Waals surface area contributed by atoms with Gasteiger partial charge in [-0.3, -0.25) is 4.79 Å². The van der Waals surface area contributed by atoms with Crippen LogP contribution < -0.4 is 19.6 Å². The molecule has 0 fully saturated rings. The number of benzene rings is 2. The summed E-state index contributed by atoms with van der Waals surface area (Å²) < 4.78 is 16.3. The molecule has 2 aromatic rings. The maximum Gasteiger partial charge on any atom is 0.277 e. The van der Waals surface area contributed by atoms with Gasteiger partial charge in [-0.1, -0.05) is 40.7 Å². The van der Waals surface area contributed by atoms with Gasteiger partial charge in [-0.15, -0.1) is 6.42 Å². The Bertz CT molecular complexity index is 942. The zero-order chi connectivity index (χ0) is 21.2. The van der Waals surface area contributed by atoms with E-state index >= 15 is 0 Å². The lowest BCUT2D eigenvalue weighted by molar-refractivity contribution is -0.123. The molecular formula is C20H17Cl3N2O4. The van der Waals surface area contributed by atoms with Crippen molar-refractivity contribution in [3.8, 4) is 29.6 Å². The maximum absolute atomic E-state index is 11.9. The number of ether oxygens (including phenoxy) is 3. The summed E-state index contributed by atoms with van der Waals surface area (Å²) in [7, 11) is 0. The molecule has 0 atom stereocenters. The Balaban J connectivity index is 1.98. The maximum atomic E-state index is 11.9. The normalized spacial score (nSPS) is 10.4. The van der Waals surface area contributed by atoms with Gasteiger partial charge >= 0.3 is 0 Å². The summed E-state index contributed by atoms with van der Waals surface area (Å²) in [6.45, 7) is 2.01. The van der Waals surface area contributed by atoms with Gasteiger partial charge in [0.1, 0.15) is 12.4 Å². The van der Waals surface area contributed by atoms with Gasteiger partial charge in [-0.2, -0.15) is 5.10 Å². The van der Waals surface area contributed by atoms with Crippen molar-refractivity contribution < 1.29 is 19.0 Å². The minimum atomic E-state index is -0.475. The summed E-state index contributed by atoms with van der Waals surface area (Å²) >= 11 is 18.0. The molecule has 1 amide bonds. The fraction of sp³-hybridized carbons (Fsp3) is 0.200. The van der Waals surface area contributed by atoms with Gasteiger partial charge in [-0.05, 0) is 42.8 Å². The number of halogens is 3. The van der Waals surface area contributed by atoms with Crippen molar-refractivity contribution in [2.24, 2.45) is 5.10 Å². The molecule has 1 N–H and O–H groups in total. The first kappa shape index (κ1) is 22.7. The lowest BCUT2D eigenvalue weighted by Crippen LogP contribution is -2.24. The highest BCUT2D eigenvalue weighted by Crippen LogP contribution is 2.36. The molecule has 2 aromatic carbocycles. The van der Waals surface area contributed by atoms with E-state index in [9.17, 15) is 4.79 Å². The number of carbonyl (C=O) groups excluding carboxylic acids is 1. The second kappa shape index (κ2) is 11.4. The van der Waals surface area contributed by atoms with E-state index in [2.05, 4.69) is 16.4 Å². The zero-order valence-electron chi connectivity index (χ0n) is 15.4. The van der Waals surface area contributed by atoms with Crippen molar-refractivity contribution in [1.82, 2.24) is 5.43 Å². The number of nitrogens with one attached hydrogen (secondary N) is 1. The van der Waals surface area contributed by atoms with Gasteiger partial charge in [0, 0.05) is 5.02 Å². The Kier molecular flexibility index (Phi) is 8.94. The highest BCUT2D eigenvalue weighted by atomic mass is 35.5. The second-order valence-electron chi connectivity index (χ2n) is 5.41. The molecule has 0 aliphatic heterocycles. The number of rotatable bonds is 9. The van der Waals surface area contributed by atoms with E-state index in [1.807, 2.05) is 6.92 Å². The Hall–Kier alpha value is -2.59. The first-order valence-corrected chi connectivity index (χ1v) is 9.50. The number of hydrazone groups is 1. The van der Waals surface area contributed by atoms with Gasteiger partial charge in [-0.25, -0.2) is 5.43 Å². The molecule has 29 heavy (non-hydrogen) atoms. The van der Waals surface area contributed by atoms with Crippen LogP contribution in [0.2, 0.25) is 15.1 Å². The Morgan fingerprint density at radius 1 is 1.14 bits per heavy atom. The fourth-order valence-corrected chi connectivity index (χ4v) is 2.86. The Labute approximate surface area is 183 Å². The number of carbonyl (C=O) groups is 1. The molecule has 0 aromatic heterocycles. The average Bonchev–Trinajstić information content (AvgIpc) is 2.67. The van der Waals surface area contributed by atoms with Crippen molar-refractivity contribution in [3.05, 3.63) is 51.0 Å². The van der Waals surface area contributed by atoms with Gasteiger partial charge in [0.25, 0.3) is 5.91 Å². The van der Waals surface area contributed by atoms with Crippen LogP contribution in [0.25, 0.3) is 0 Å². The van der Waals surface area contributed by atoms with Gasteiger partial charge in [0.15, 0.2) is 18.1 Å². The number of nitrogens with zero attached hydrogens (tertiary/aromatic N) is 1. The molecule has 0 spiro atoms. The van der Waals surface area contributed by atoms with Crippen LogP contribution in [0.3, 0.4) is 0 Å². The van der Waals surface area contributed by atoms with E-state index in [1.165, 1.54) is 12.3 Å². The minimum Gasteiger partial charge on any atom is -0.490 e. The second-order valence-corrected chi connectivity index (χ2v) is 6.66. The van der Waals surface area contributed by atoms with Crippen LogP contribution in [-0.2, 0) is 4.79 Å². The number of amides is 1. The first-order valence-electron chi connectivity index (χ1n) is 8.37. The quantitative estimate of drug-likeness (QED) is 0.341. The molecule has 6 nitrogen and oxygen atoms in total. The monoisotopic (exact) mass is 454 g/mol. The number of hydrogen-bond donors (Lipinski definition) is 1. The van der Waals surface area contributed by atoms with Crippen LogP contribution in [-0.4, -0.2) is 31.9 Å². The molecule has 0 bridgehead atoms. The summed E-state index contributed by atoms with van der Waals surface area (Å²) in [5.41, 5.74) is 2.94. The molecule has 0 aliphatic carbocycles. The third-order valence-corrected chi connectivity index (χ3v) is 4.10. The summed E-state index contributed by atoms with van der Waals surface area (Å²) in [4.78, 5) is 11.9. The van der Waals surface area contributed by atoms with Crippen molar-refractivity contribution >= 4 is 46.9 Å². The summed E-state index contributed by atoms with van der Waals surface area (Å²) in [6, 6.07) is 7.97. The number of terminal acetylenes is 1. The molecular weight excluding hydrogens is 439 g/mol. The smallest absolute Gasteiger partial charge is 0.277 e. The summed E-state index contributed by atoms with van der Waals surface area (Å²) in [5, 5.41) is 4.96. The Morgan fingerprint density at radius 2 is 1.93 bits per heavy atom. The summed E-state index contributed by atoms with van der Waals surface area (Å²) in [5.74, 6) is 3.00. The molecule has 152 valence electrons. The SMILES string of the molecule is C#CCOc1c(Cl)cc(C=NNC(=O)COc2ccc(Cl)cc2Cl)cc1OCC. The predicted octanol–water partition coefficient (Wildman–Crippen LogP) is 4.59. The molecule has 0 saturated heterocycles. The highest BCUT2D eigenvalue weighted by molar-refractivity contribution is 6.35. The van der Waals surface area contributed by atoms with E-state index in [-0.39, 0.29) is 13.2 Å². The topological polar surface area (TPSA) is 69.2 Å². The predicted molar refractivity (Wildman–Crippen MR) is 115 cm³/mol. The fourth-order valence-electron chi connectivity index (χ4n) is 2.13. The molecule has 9 heteroatoms. The van der Waals surface area contributed by atoms with E-state index in [4.69, 9.17) is 55.4 Å². The molecule has 0 saturated carbocycles. The van der Waals surface area contributed by atoms with Crippen LogP contribution in [0.5, 0.6) is 17.2 Å². The molecule has 0 aliphatic rings. The van der Waals surface area contributed by atoms with Crippen LogP contribution in [0.4, 0.5) is 0 Å². The van der Waals surface area contributed by atoms with Crippen LogP contribution in [0.1, 0.15) is 12.5 Å².